The number of carbonyl (C=O) groups excluding carboxylic acids is 1. The Labute approximate surface area is 305 Å². The first-order chi connectivity index (χ1) is 25.3. The van der Waals surface area contributed by atoms with Crippen molar-refractivity contribution in [1.29, 1.82) is 5.26 Å². The van der Waals surface area contributed by atoms with Crippen molar-refractivity contribution in [2.45, 2.75) is 50.0 Å². The molecule has 3 fully saturated rings. The number of carbonyl (C=O) groups is 1. The van der Waals surface area contributed by atoms with Gasteiger partial charge in [0.05, 0.1) is 24.1 Å². The summed E-state index contributed by atoms with van der Waals surface area (Å²) in [5, 5.41) is 12.3. The zero-order valence-corrected chi connectivity index (χ0v) is 29.2. The largest absolute Gasteiger partial charge is 0.461 e. The summed E-state index contributed by atoms with van der Waals surface area (Å²) in [5.41, 5.74) is 1.42. The van der Waals surface area contributed by atoms with Crippen molar-refractivity contribution in [3.8, 4) is 23.2 Å². The number of halogens is 3. The fraction of sp³-hybridized carbons (Fsp3) is 0.350. The number of piperazine rings is 1. The number of nitrogens with zero attached hydrogens (tertiary/aromatic N) is 6. The number of amides is 1. The Balaban J connectivity index is 1.15. The fourth-order valence-electron chi connectivity index (χ4n) is 8.18. The average molecular weight is 723 g/mol. The molecule has 12 heteroatoms. The zero-order chi connectivity index (χ0) is 35.8. The maximum atomic E-state index is 17.0. The summed E-state index contributed by atoms with van der Waals surface area (Å²) >= 11 is 6.65. The molecule has 9 nitrogen and oxygen atoms in total. The van der Waals surface area contributed by atoms with Crippen LogP contribution in [0.25, 0.3) is 32.8 Å². The maximum Gasteiger partial charge on any atom is 0.410 e. The molecule has 0 spiro atoms. The minimum absolute atomic E-state index is 0.0143. The monoisotopic (exact) mass is 722 g/mol. The van der Waals surface area contributed by atoms with E-state index in [2.05, 4.69) is 16.0 Å². The van der Waals surface area contributed by atoms with Gasteiger partial charge in [-0.05, 0) is 48.0 Å². The van der Waals surface area contributed by atoms with Gasteiger partial charge in [-0.3, -0.25) is 4.90 Å². The van der Waals surface area contributed by atoms with Crippen LogP contribution in [0.3, 0.4) is 0 Å². The molecule has 3 aliphatic heterocycles. The van der Waals surface area contributed by atoms with E-state index in [4.69, 9.17) is 26.1 Å². The molecule has 0 N–H and O–H groups in total. The lowest BCUT2D eigenvalue weighted by atomic mass is 9.95. The quantitative estimate of drug-likeness (QED) is 0.159. The minimum Gasteiger partial charge on any atom is -0.461 e. The van der Waals surface area contributed by atoms with Gasteiger partial charge in [-0.1, -0.05) is 78.3 Å². The topological polar surface area (TPSA) is 94.8 Å². The third-order valence-corrected chi connectivity index (χ3v) is 11.0. The van der Waals surface area contributed by atoms with Gasteiger partial charge < -0.3 is 19.3 Å². The molecule has 1 amide bonds. The lowest BCUT2D eigenvalue weighted by Crippen LogP contribution is -2.55. The van der Waals surface area contributed by atoms with Crippen LogP contribution >= 0.6 is 11.6 Å². The molecule has 4 heterocycles. The van der Waals surface area contributed by atoms with Gasteiger partial charge in [0.1, 0.15) is 30.7 Å². The molecule has 0 aliphatic carbocycles. The molecule has 52 heavy (non-hydrogen) atoms. The highest BCUT2D eigenvalue weighted by atomic mass is 35.5. The van der Waals surface area contributed by atoms with Crippen LogP contribution in [0.2, 0.25) is 5.02 Å². The SMILES string of the molecule is N#CC[C@H]1CN(c2nc(OC[C@@]34CCCN3C[C@H](F)C4)nc3c(F)c(-c4cccc5cccc(Cl)c45)ccc23)CCN1C(=O)OCc1ccccc1. The lowest BCUT2D eigenvalue weighted by Gasteiger charge is -2.40. The Kier molecular flexibility index (Phi) is 9.28. The molecule has 3 saturated heterocycles. The molecule has 3 atom stereocenters. The molecule has 0 bridgehead atoms. The third kappa shape index (κ3) is 6.35. The fourth-order valence-corrected chi connectivity index (χ4v) is 8.46. The highest BCUT2D eigenvalue weighted by Gasteiger charge is 2.49. The van der Waals surface area contributed by atoms with Gasteiger partial charge in [0.15, 0.2) is 5.82 Å². The number of hydrogen-bond donors (Lipinski definition) is 0. The summed E-state index contributed by atoms with van der Waals surface area (Å²) in [6, 6.07) is 25.8. The summed E-state index contributed by atoms with van der Waals surface area (Å²) in [6.45, 7) is 2.32. The molecule has 0 saturated carbocycles. The first kappa shape index (κ1) is 34.1. The van der Waals surface area contributed by atoms with E-state index in [1.54, 1.807) is 23.1 Å². The van der Waals surface area contributed by atoms with Crippen molar-refractivity contribution >= 4 is 45.2 Å². The van der Waals surface area contributed by atoms with Crippen LogP contribution in [0.5, 0.6) is 6.01 Å². The van der Waals surface area contributed by atoms with E-state index in [1.807, 2.05) is 65.6 Å². The van der Waals surface area contributed by atoms with Crippen molar-refractivity contribution in [2.24, 2.45) is 0 Å². The van der Waals surface area contributed by atoms with Crippen LogP contribution in [0.1, 0.15) is 31.2 Å². The maximum absolute atomic E-state index is 17.0. The number of benzene rings is 4. The van der Waals surface area contributed by atoms with E-state index in [-0.39, 0.29) is 44.3 Å². The second kappa shape index (κ2) is 14.2. The van der Waals surface area contributed by atoms with Crippen LogP contribution in [-0.2, 0) is 11.3 Å². The number of hydrogen-bond acceptors (Lipinski definition) is 8. The summed E-state index contributed by atoms with van der Waals surface area (Å²) < 4.78 is 43.5. The standard InChI is InChI=1S/C40H37ClF2N6O3/c41-33-12-5-10-27-9-4-11-30(34(27)33)31-13-14-32-36(35(31)43)45-38(52-25-40-16-6-18-48(40)22-28(42)21-40)46-37(32)47-19-20-49(29(23-47)15-17-44)39(50)51-24-26-7-2-1-3-8-26/h1-5,7-14,28-29H,6,15-16,18-25H2/t28-,29+,40+/m1/s1. The molecule has 0 radical (unpaired) electrons. The predicted molar refractivity (Wildman–Crippen MR) is 196 cm³/mol. The van der Waals surface area contributed by atoms with Crippen molar-refractivity contribution in [1.82, 2.24) is 19.8 Å². The number of rotatable bonds is 8. The number of aromatic nitrogens is 2. The second-order valence-corrected chi connectivity index (χ2v) is 14.3. The summed E-state index contributed by atoms with van der Waals surface area (Å²) in [7, 11) is 0. The minimum atomic E-state index is -0.933. The first-order valence-corrected chi connectivity index (χ1v) is 18.0. The van der Waals surface area contributed by atoms with E-state index in [9.17, 15) is 14.4 Å². The number of anilines is 1. The average Bonchev–Trinajstić information content (AvgIpc) is 3.69. The van der Waals surface area contributed by atoms with E-state index in [0.29, 0.717) is 46.9 Å². The van der Waals surface area contributed by atoms with Crippen molar-refractivity contribution in [3.05, 3.63) is 95.3 Å². The summed E-state index contributed by atoms with van der Waals surface area (Å²) in [6.07, 6.45) is 0.735. The molecule has 8 rings (SSSR count). The van der Waals surface area contributed by atoms with Gasteiger partial charge in [0, 0.05) is 54.0 Å². The van der Waals surface area contributed by atoms with Crippen LogP contribution in [0, 0.1) is 17.1 Å². The van der Waals surface area contributed by atoms with Crippen molar-refractivity contribution < 1.29 is 23.0 Å². The van der Waals surface area contributed by atoms with Gasteiger partial charge in [-0.2, -0.15) is 15.2 Å². The Morgan fingerprint density at radius 3 is 2.63 bits per heavy atom. The van der Waals surface area contributed by atoms with Crippen LogP contribution in [0.15, 0.2) is 78.9 Å². The van der Waals surface area contributed by atoms with E-state index in [1.165, 1.54) is 0 Å². The van der Waals surface area contributed by atoms with E-state index >= 15 is 4.39 Å². The number of ether oxygens (including phenoxy) is 2. The summed E-state index contributed by atoms with van der Waals surface area (Å²) in [5.74, 6) is -0.127. The normalized spacial score (nSPS) is 21.7. The molecule has 266 valence electrons. The number of nitriles is 1. The lowest BCUT2D eigenvalue weighted by molar-refractivity contribution is 0.0768. The van der Waals surface area contributed by atoms with Gasteiger partial charge in [0.2, 0.25) is 0 Å². The van der Waals surface area contributed by atoms with Gasteiger partial charge in [-0.25, -0.2) is 13.6 Å². The highest BCUT2D eigenvalue weighted by Crippen LogP contribution is 2.42. The molecule has 1 aromatic heterocycles. The first-order valence-electron chi connectivity index (χ1n) is 17.6. The number of fused-ring (bicyclic) bond motifs is 3. The van der Waals surface area contributed by atoms with Gasteiger partial charge in [0.25, 0.3) is 0 Å². The molecule has 0 unspecified atom stereocenters. The van der Waals surface area contributed by atoms with Crippen LogP contribution in [0.4, 0.5) is 19.4 Å². The van der Waals surface area contributed by atoms with Gasteiger partial charge in [-0.15, -0.1) is 0 Å². The Morgan fingerprint density at radius 1 is 0.981 bits per heavy atom. The Hall–Kier alpha value is -5.05. The van der Waals surface area contributed by atoms with Crippen molar-refractivity contribution in [2.75, 3.05) is 44.2 Å². The van der Waals surface area contributed by atoms with E-state index < -0.39 is 29.7 Å². The van der Waals surface area contributed by atoms with Crippen molar-refractivity contribution in [3.63, 3.8) is 0 Å². The van der Waals surface area contributed by atoms with Gasteiger partial charge >= 0.3 is 12.1 Å². The second-order valence-electron chi connectivity index (χ2n) is 13.9. The Bertz CT molecular complexity index is 2180. The predicted octanol–water partition coefficient (Wildman–Crippen LogP) is 7.94. The molecular formula is C40H37ClF2N6O3. The third-order valence-electron chi connectivity index (χ3n) is 10.7. The molecular weight excluding hydrogens is 686 g/mol. The molecule has 3 aliphatic rings. The summed E-state index contributed by atoms with van der Waals surface area (Å²) in [4.78, 5) is 28.4. The van der Waals surface area contributed by atoms with E-state index in [0.717, 1.165) is 35.7 Å². The molecule has 5 aromatic rings. The molecule has 4 aromatic carbocycles. The van der Waals surface area contributed by atoms with Crippen LogP contribution < -0.4 is 9.64 Å². The highest BCUT2D eigenvalue weighted by molar-refractivity contribution is 6.36. The Morgan fingerprint density at radius 2 is 1.81 bits per heavy atom. The zero-order valence-electron chi connectivity index (χ0n) is 28.5. The smallest absolute Gasteiger partial charge is 0.410 e. The van der Waals surface area contributed by atoms with Crippen LogP contribution in [-0.4, -0.2) is 82.9 Å². The number of alkyl halides is 1.